The van der Waals surface area contributed by atoms with E-state index in [1.54, 1.807) is 0 Å². The fourth-order valence-corrected chi connectivity index (χ4v) is 4.25. The number of nitrogens with one attached hydrogen (secondary N) is 1. The minimum atomic E-state index is 0.381. The summed E-state index contributed by atoms with van der Waals surface area (Å²) in [6, 6.07) is 0.673. The second-order valence-electron chi connectivity index (χ2n) is 7.07. The van der Waals surface area contributed by atoms with Gasteiger partial charge in [0.25, 0.3) is 0 Å². The molecule has 1 aliphatic heterocycles. The summed E-state index contributed by atoms with van der Waals surface area (Å²) >= 11 is 0. The van der Waals surface area contributed by atoms with Crippen LogP contribution in [0.5, 0.6) is 0 Å². The van der Waals surface area contributed by atoms with Crippen molar-refractivity contribution in [2.24, 2.45) is 17.8 Å². The van der Waals surface area contributed by atoms with E-state index >= 15 is 0 Å². The number of hydrogen-bond acceptors (Lipinski definition) is 2. The van der Waals surface area contributed by atoms with Crippen molar-refractivity contribution in [1.82, 2.24) is 5.32 Å². The third-order valence-corrected chi connectivity index (χ3v) is 5.59. The van der Waals surface area contributed by atoms with Crippen molar-refractivity contribution in [2.45, 2.75) is 83.6 Å². The molecule has 0 radical (unpaired) electrons. The van der Waals surface area contributed by atoms with Gasteiger partial charge >= 0.3 is 0 Å². The van der Waals surface area contributed by atoms with Crippen molar-refractivity contribution in [2.75, 3.05) is 0 Å². The van der Waals surface area contributed by atoms with Crippen LogP contribution < -0.4 is 5.32 Å². The molecule has 1 saturated heterocycles. The zero-order chi connectivity index (χ0) is 12.5. The van der Waals surface area contributed by atoms with E-state index in [4.69, 9.17) is 4.74 Å². The van der Waals surface area contributed by atoms with Crippen LogP contribution in [0.25, 0.3) is 0 Å². The van der Waals surface area contributed by atoms with E-state index < -0.39 is 0 Å². The molecule has 3 rings (SSSR count). The molecule has 1 heterocycles. The Kier molecular flexibility index (Phi) is 3.95. The fraction of sp³-hybridized carbons (Fsp3) is 1.00. The Hall–Kier alpha value is -0.0800. The molecule has 3 aliphatic rings. The predicted octanol–water partition coefficient (Wildman–Crippen LogP) is 3.71. The highest BCUT2D eigenvalue weighted by Crippen LogP contribution is 2.38. The van der Waals surface area contributed by atoms with Crippen LogP contribution in [-0.4, -0.2) is 18.4 Å². The summed E-state index contributed by atoms with van der Waals surface area (Å²) in [5.74, 6) is 2.61. The molecule has 3 atom stereocenters. The Labute approximate surface area is 112 Å². The zero-order valence-corrected chi connectivity index (χ0v) is 12.0. The lowest BCUT2D eigenvalue weighted by molar-refractivity contribution is -0.0203. The minimum absolute atomic E-state index is 0.381. The normalized spacial score (nSPS) is 45.2. The molecule has 2 aliphatic carbocycles. The Morgan fingerprint density at radius 1 is 0.944 bits per heavy atom. The highest BCUT2D eigenvalue weighted by Gasteiger charge is 2.40. The van der Waals surface area contributed by atoms with E-state index in [9.17, 15) is 0 Å². The average Bonchev–Trinajstić information content (AvgIpc) is 2.82. The van der Waals surface area contributed by atoms with Crippen molar-refractivity contribution < 1.29 is 4.74 Å². The summed E-state index contributed by atoms with van der Waals surface area (Å²) < 4.78 is 6.29. The maximum Gasteiger partial charge on any atom is 0.111 e. The number of fused-ring (bicyclic) bond motifs is 1. The Morgan fingerprint density at radius 3 is 2.33 bits per heavy atom. The summed E-state index contributed by atoms with van der Waals surface area (Å²) in [5, 5.41) is 3.78. The first-order valence-corrected chi connectivity index (χ1v) is 8.15. The van der Waals surface area contributed by atoms with Crippen LogP contribution in [0.4, 0.5) is 0 Å². The van der Waals surface area contributed by atoms with Crippen molar-refractivity contribution in [1.29, 1.82) is 0 Å². The summed E-state index contributed by atoms with van der Waals surface area (Å²) in [6.45, 7) is 4.76. The zero-order valence-electron chi connectivity index (χ0n) is 12.0. The number of hydrogen-bond donors (Lipinski definition) is 1. The van der Waals surface area contributed by atoms with E-state index in [2.05, 4.69) is 19.2 Å². The first-order valence-electron chi connectivity index (χ1n) is 8.15. The molecule has 0 aromatic carbocycles. The predicted molar refractivity (Wildman–Crippen MR) is 74.3 cm³/mol. The molecule has 3 fully saturated rings. The lowest BCUT2D eigenvalue weighted by atomic mass is 9.76. The van der Waals surface area contributed by atoms with E-state index in [0.717, 1.165) is 17.8 Å². The molecule has 0 aromatic rings. The maximum absolute atomic E-state index is 6.29. The van der Waals surface area contributed by atoms with Crippen LogP contribution in [-0.2, 0) is 4.74 Å². The highest BCUT2D eigenvalue weighted by atomic mass is 16.5. The first kappa shape index (κ1) is 12.9. The van der Waals surface area contributed by atoms with E-state index in [-0.39, 0.29) is 0 Å². The van der Waals surface area contributed by atoms with E-state index in [0.29, 0.717) is 18.4 Å². The fourth-order valence-electron chi connectivity index (χ4n) is 4.25. The topological polar surface area (TPSA) is 21.3 Å². The molecule has 0 aromatic heterocycles. The summed E-state index contributed by atoms with van der Waals surface area (Å²) in [5.41, 5.74) is 0. The van der Waals surface area contributed by atoms with Crippen LogP contribution in [0.15, 0.2) is 0 Å². The third-order valence-electron chi connectivity index (χ3n) is 5.59. The van der Waals surface area contributed by atoms with Gasteiger partial charge in [0.05, 0.1) is 6.10 Å². The lowest BCUT2D eigenvalue weighted by Gasteiger charge is -2.33. The van der Waals surface area contributed by atoms with Gasteiger partial charge in [0.15, 0.2) is 0 Å². The van der Waals surface area contributed by atoms with Crippen molar-refractivity contribution in [3.05, 3.63) is 0 Å². The van der Waals surface area contributed by atoms with Crippen LogP contribution in [0, 0.1) is 17.8 Å². The molecule has 18 heavy (non-hydrogen) atoms. The van der Waals surface area contributed by atoms with Gasteiger partial charge in [-0.25, -0.2) is 0 Å². The van der Waals surface area contributed by atoms with Gasteiger partial charge < -0.3 is 4.74 Å². The van der Waals surface area contributed by atoms with Gasteiger partial charge in [-0.3, -0.25) is 5.32 Å². The van der Waals surface area contributed by atoms with Crippen LogP contribution >= 0.6 is 0 Å². The average molecular weight is 251 g/mol. The smallest absolute Gasteiger partial charge is 0.111 e. The van der Waals surface area contributed by atoms with Crippen LogP contribution in [0.3, 0.4) is 0 Å². The van der Waals surface area contributed by atoms with Gasteiger partial charge in [-0.05, 0) is 56.3 Å². The van der Waals surface area contributed by atoms with Gasteiger partial charge in [0.1, 0.15) is 6.23 Å². The molecule has 104 valence electrons. The quantitative estimate of drug-likeness (QED) is 0.808. The van der Waals surface area contributed by atoms with Gasteiger partial charge in [-0.1, -0.05) is 26.7 Å². The summed E-state index contributed by atoms with van der Waals surface area (Å²) in [4.78, 5) is 0. The Bertz CT molecular complexity index is 256. The van der Waals surface area contributed by atoms with Gasteiger partial charge in [-0.15, -0.1) is 0 Å². The summed E-state index contributed by atoms with van der Waals surface area (Å²) in [6.07, 6.45) is 11.9. The van der Waals surface area contributed by atoms with Gasteiger partial charge in [0, 0.05) is 6.04 Å². The monoisotopic (exact) mass is 251 g/mol. The lowest BCUT2D eigenvalue weighted by Crippen LogP contribution is -2.39. The summed E-state index contributed by atoms with van der Waals surface area (Å²) in [7, 11) is 0. The molecule has 0 bridgehead atoms. The number of rotatable bonds is 2. The highest BCUT2D eigenvalue weighted by molar-refractivity contribution is 4.91. The Morgan fingerprint density at radius 2 is 1.67 bits per heavy atom. The molecular formula is C16H29NO. The molecular weight excluding hydrogens is 222 g/mol. The van der Waals surface area contributed by atoms with Crippen LogP contribution in [0.1, 0.15) is 65.2 Å². The molecule has 0 spiro atoms. The van der Waals surface area contributed by atoms with E-state index in [1.165, 1.54) is 51.4 Å². The maximum atomic E-state index is 6.29. The molecule has 2 nitrogen and oxygen atoms in total. The second-order valence-corrected chi connectivity index (χ2v) is 7.07. The standard InChI is InChI=1S/C16H29NO/c1-11(2)12-7-9-13(10-8-12)16-17-14-5-3-4-6-15(14)18-16/h11-17H,3-10H2,1-2H3. The largest absolute Gasteiger partial charge is 0.358 e. The van der Waals surface area contributed by atoms with Crippen molar-refractivity contribution in [3.8, 4) is 0 Å². The Balaban J connectivity index is 1.51. The first-order chi connectivity index (χ1) is 8.74. The SMILES string of the molecule is CC(C)C1CCC(C2NC3CCCCC3O2)CC1. The van der Waals surface area contributed by atoms with Gasteiger partial charge in [0.2, 0.25) is 0 Å². The van der Waals surface area contributed by atoms with Crippen molar-refractivity contribution in [3.63, 3.8) is 0 Å². The molecule has 2 saturated carbocycles. The molecule has 2 heteroatoms. The van der Waals surface area contributed by atoms with Gasteiger partial charge in [-0.2, -0.15) is 0 Å². The molecule has 0 amide bonds. The molecule has 1 N–H and O–H groups in total. The van der Waals surface area contributed by atoms with E-state index in [1.807, 2.05) is 0 Å². The second kappa shape index (κ2) is 5.50. The van der Waals surface area contributed by atoms with Crippen molar-refractivity contribution >= 4 is 0 Å². The van der Waals surface area contributed by atoms with Crippen LogP contribution in [0.2, 0.25) is 0 Å². The third kappa shape index (κ3) is 2.60. The minimum Gasteiger partial charge on any atom is -0.358 e. The number of ether oxygens (including phenoxy) is 1. The molecule has 3 unspecified atom stereocenters.